The highest BCUT2D eigenvalue weighted by Gasteiger charge is 2.41. The molecule has 1 N–H and O–H groups in total. The van der Waals surface area contributed by atoms with E-state index in [9.17, 15) is 17.6 Å². The van der Waals surface area contributed by atoms with E-state index in [0.717, 1.165) is 61.3 Å². The van der Waals surface area contributed by atoms with Crippen LogP contribution in [-0.4, -0.2) is 77.9 Å². The maximum atomic E-state index is 14.4. The molecule has 1 amide bonds. The van der Waals surface area contributed by atoms with E-state index >= 15 is 0 Å². The van der Waals surface area contributed by atoms with Gasteiger partial charge in [-0.2, -0.15) is 10.2 Å². The number of benzene rings is 2. The number of carbonyl (C=O) groups is 1. The summed E-state index contributed by atoms with van der Waals surface area (Å²) in [6.07, 6.45) is 4.03. The maximum absolute atomic E-state index is 14.4. The van der Waals surface area contributed by atoms with Gasteiger partial charge in [-0.15, -0.1) is 0 Å². The maximum Gasteiger partial charge on any atom is 0.264 e. The van der Waals surface area contributed by atoms with Crippen molar-refractivity contribution in [3.05, 3.63) is 82.9 Å². The largest absolute Gasteiger partial charge is 0.473 e. The lowest BCUT2D eigenvalue weighted by molar-refractivity contribution is -0.0592. The van der Waals surface area contributed by atoms with E-state index in [1.54, 1.807) is 36.4 Å². The Bertz CT molecular complexity index is 1980. The SMILES string of the molecule is CS(=O)(=O)NC(=O)c1ccc2nc(CN3C4CCC3CN(c3cccc(OCc5ccc(C#N)cc5F)n3)C4)n(C[C@@H]3CCO3)c2c1. The van der Waals surface area contributed by atoms with Crippen molar-refractivity contribution in [3.8, 4) is 11.9 Å². The highest BCUT2D eigenvalue weighted by Crippen LogP contribution is 2.35. The monoisotopic (exact) mass is 659 g/mol. The molecule has 0 saturated carbocycles. The summed E-state index contributed by atoms with van der Waals surface area (Å²) in [5, 5.41) is 8.98. The summed E-state index contributed by atoms with van der Waals surface area (Å²) in [4.78, 5) is 27.1. The number of amides is 1. The van der Waals surface area contributed by atoms with Crippen LogP contribution in [-0.2, 0) is 34.5 Å². The average Bonchev–Trinajstić information content (AvgIpc) is 3.47. The Labute approximate surface area is 271 Å². The second kappa shape index (κ2) is 12.6. The van der Waals surface area contributed by atoms with E-state index in [1.165, 1.54) is 6.07 Å². The molecular formula is C33H34FN7O5S. The first-order valence-electron chi connectivity index (χ1n) is 15.6. The lowest BCUT2D eigenvalue weighted by Gasteiger charge is -2.41. The number of aromatic nitrogens is 3. The molecule has 2 unspecified atom stereocenters. The molecule has 0 spiro atoms. The Morgan fingerprint density at radius 1 is 1.11 bits per heavy atom. The van der Waals surface area contributed by atoms with Crippen molar-refractivity contribution in [1.29, 1.82) is 5.26 Å². The number of rotatable bonds is 10. The normalized spacial score (nSPS) is 21.0. The Kier molecular flexibility index (Phi) is 8.29. The molecule has 2 bridgehead atoms. The third-order valence-corrected chi connectivity index (χ3v) is 9.65. The zero-order valence-electron chi connectivity index (χ0n) is 25.8. The molecule has 14 heteroatoms. The number of fused-ring (bicyclic) bond motifs is 3. The quantitative estimate of drug-likeness (QED) is 0.269. The van der Waals surface area contributed by atoms with Crippen LogP contribution in [0.2, 0.25) is 0 Å². The number of hydrogen-bond donors (Lipinski definition) is 1. The molecule has 3 aliphatic rings. The minimum Gasteiger partial charge on any atom is -0.473 e. The summed E-state index contributed by atoms with van der Waals surface area (Å²) in [5.41, 5.74) is 2.37. The van der Waals surface area contributed by atoms with Crippen molar-refractivity contribution in [1.82, 2.24) is 24.2 Å². The standard InChI is InChI=1S/C33H34FN7O5S/c1-47(43,44)38-33(42)22-7-10-28-29(14-22)41(18-26-11-12-45-26)31(36-28)19-40-24-8-9-25(40)17-39(16-24)30-3-2-4-32(37-30)46-20-23-6-5-21(15-35)13-27(23)34/h2-7,10,13-14,24-26H,8-9,11-12,16-20H2,1H3,(H,38,42)/t24?,25?,26-/m0/s1. The van der Waals surface area contributed by atoms with Crippen LogP contribution in [0.1, 0.15) is 46.6 Å². The Balaban J connectivity index is 1.07. The second-order valence-corrected chi connectivity index (χ2v) is 14.1. The number of nitrogens with zero attached hydrogens (tertiary/aromatic N) is 6. The van der Waals surface area contributed by atoms with Gasteiger partial charge in [0.15, 0.2) is 0 Å². The minimum atomic E-state index is -3.70. The van der Waals surface area contributed by atoms with Crippen LogP contribution < -0.4 is 14.4 Å². The fourth-order valence-electron chi connectivity index (χ4n) is 6.64. The van der Waals surface area contributed by atoms with E-state index in [1.807, 2.05) is 22.9 Å². The first kappa shape index (κ1) is 31.0. The van der Waals surface area contributed by atoms with E-state index < -0.39 is 21.7 Å². The zero-order chi connectivity index (χ0) is 32.7. The molecule has 7 rings (SSSR count). The number of piperazine rings is 1. The number of nitriles is 1. The van der Waals surface area contributed by atoms with Crippen molar-refractivity contribution < 1.29 is 27.1 Å². The summed E-state index contributed by atoms with van der Waals surface area (Å²) in [6, 6.07) is 17.5. The fraction of sp³-hybridized carbons (Fsp3) is 0.394. The van der Waals surface area contributed by atoms with Crippen LogP contribution in [0.15, 0.2) is 54.6 Å². The van der Waals surface area contributed by atoms with Crippen LogP contribution in [0.5, 0.6) is 5.88 Å². The second-order valence-electron chi connectivity index (χ2n) is 12.3. The highest BCUT2D eigenvalue weighted by molar-refractivity contribution is 7.89. The summed E-state index contributed by atoms with van der Waals surface area (Å²) >= 11 is 0. The number of hydrogen-bond acceptors (Lipinski definition) is 10. The van der Waals surface area contributed by atoms with Crippen molar-refractivity contribution in [2.24, 2.45) is 0 Å². The van der Waals surface area contributed by atoms with E-state index in [2.05, 4.69) is 14.4 Å². The number of sulfonamides is 1. The van der Waals surface area contributed by atoms with Crippen LogP contribution in [0.3, 0.4) is 0 Å². The molecular weight excluding hydrogens is 625 g/mol. The number of halogens is 1. The molecule has 3 fully saturated rings. The van der Waals surface area contributed by atoms with Crippen molar-refractivity contribution in [2.45, 2.75) is 57.1 Å². The molecule has 3 aliphatic heterocycles. The third-order valence-electron chi connectivity index (χ3n) is 9.10. The van der Waals surface area contributed by atoms with Crippen LogP contribution in [0.4, 0.5) is 10.2 Å². The predicted octanol–water partition coefficient (Wildman–Crippen LogP) is 3.35. The first-order valence-corrected chi connectivity index (χ1v) is 17.4. The molecule has 2 aromatic heterocycles. The van der Waals surface area contributed by atoms with Gasteiger partial charge in [0.2, 0.25) is 15.9 Å². The van der Waals surface area contributed by atoms with Gasteiger partial charge in [-0.05, 0) is 55.7 Å². The topological polar surface area (TPSA) is 143 Å². The molecule has 12 nitrogen and oxygen atoms in total. The zero-order valence-corrected chi connectivity index (χ0v) is 26.6. The van der Waals surface area contributed by atoms with Crippen molar-refractivity contribution in [2.75, 3.05) is 30.9 Å². The number of nitrogens with one attached hydrogen (secondary N) is 1. The number of imidazole rings is 1. The summed E-state index contributed by atoms with van der Waals surface area (Å²) in [6.45, 7) is 3.50. The van der Waals surface area contributed by atoms with Crippen molar-refractivity contribution >= 4 is 32.8 Å². The van der Waals surface area contributed by atoms with Crippen LogP contribution >= 0.6 is 0 Å². The summed E-state index contributed by atoms with van der Waals surface area (Å²) in [7, 11) is -3.70. The molecule has 0 aliphatic carbocycles. The van der Waals surface area contributed by atoms with Gasteiger partial charge in [-0.1, -0.05) is 12.1 Å². The summed E-state index contributed by atoms with van der Waals surface area (Å²) in [5.74, 6) is 0.915. The summed E-state index contributed by atoms with van der Waals surface area (Å²) < 4.78 is 53.4. The molecule has 47 heavy (non-hydrogen) atoms. The van der Waals surface area contributed by atoms with Crippen molar-refractivity contribution in [3.63, 3.8) is 0 Å². The molecule has 4 aromatic rings. The van der Waals surface area contributed by atoms with E-state index in [4.69, 9.17) is 24.7 Å². The Morgan fingerprint density at radius 3 is 2.57 bits per heavy atom. The first-order chi connectivity index (χ1) is 22.6. The van der Waals surface area contributed by atoms with Crippen LogP contribution in [0, 0.1) is 17.1 Å². The smallest absolute Gasteiger partial charge is 0.264 e. The average molecular weight is 660 g/mol. The Hall–Kier alpha value is -4.58. The molecule has 244 valence electrons. The minimum absolute atomic E-state index is 0.00376. The van der Waals surface area contributed by atoms with Gasteiger partial charge in [0.05, 0.1) is 48.1 Å². The fourth-order valence-corrected chi connectivity index (χ4v) is 7.10. The van der Waals surface area contributed by atoms with Gasteiger partial charge in [0, 0.05) is 49.0 Å². The molecule has 2 aromatic carbocycles. The van der Waals surface area contributed by atoms with Gasteiger partial charge in [-0.25, -0.2) is 22.5 Å². The van der Waals surface area contributed by atoms with Crippen LogP contribution in [0.25, 0.3) is 11.0 Å². The predicted molar refractivity (Wildman–Crippen MR) is 171 cm³/mol. The van der Waals surface area contributed by atoms with Gasteiger partial charge < -0.3 is 18.9 Å². The molecule has 0 radical (unpaired) electrons. The Morgan fingerprint density at radius 2 is 1.89 bits per heavy atom. The number of ether oxygens (including phenoxy) is 2. The van der Waals surface area contributed by atoms with Gasteiger partial charge in [0.25, 0.3) is 5.91 Å². The third kappa shape index (κ3) is 6.64. The highest BCUT2D eigenvalue weighted by atomic mass is 32.2. The van der Waals surface area contributed by atoms with E-state index in [-0.39, 0.29) is 35.9 Å². The van der Waals surface area contributed by atoms with E-state index in [0.29, 0.717) is 31.1 Å². The molecule has 3 saturated heterocycles. The number of pyridine rings is 1. The lowest BCUT2D eigenvalue weighted by Crippen LogP contribution is -2.53. The molecule has 5 heterocycles. The number of carbonyl (C=O) groups excluding carboxylic acids is 1. The molecule has 3 atom stereocenters. The van der Waals surface area contributed by atoms with Gasteiger partial charge in [-0.3, -0.25) is 9.69 Å². The lowest BCUT2D eigenvalue weighted by atomic mass is 10.1. The van der Waals surface area contributed by atoms with Gasteiger partial charge >= 0.3 is 0 Å². The number of anilines is 1. The van der Waals surface area contributed by atoms with Gasteiger partial charge in [0.1, 0.15) is 24.1 Å².